The van der Waals surface area contributed by atoms with E-state index in [2.05, 4.69) is 11.0 Å². The van der Waals surface area contributed by atoms with Crippen LogP contribution >= 0.6 is 0 Å². The predicted molar refractivity (Wildman–Crippen MR) is 107 cm³/mol. The van der Waals surface area contributed by atoms with Crippen molar-refractivity contribution in [3.63, 3.8) is 0 Å². The molecule has 1 saturated heterocycles. The first kappa shape index (κ1) is 19.2. The molecule has 2 aromatic rings. The lowest BCUT2D eigenvalue weighted by atomic mass is 10.1. The summed E-state index contributed by atoms with van der Waals surface area (Å²) in [5.74, 6) is 1.59. The molecule has 150 valence electrons. The third kappa shape index (κ3) is 4.16. The topological polar surface area (TPSA) is 59.1 Å². The number of rotatable bonds is 4. The minimum atomic E-state index is -3.44. The molecule has 7 heteroatoms. The molecule has 2 aliphatic rings. The number of fused-ring (bicyclic) bond motifs is 1. The van der Waals surface area contributed by atoms with Crippen LogP contribution in [-0.4, -0.2) is 57.0 Å². The summed E-state index contributed by atoms with van der Waals surface area (Å²) in [5, 5.41) is 0. The van der Waals surface area contributed by atoms with Gasteiger partial charge in [-0.3, -0.25) is 4.90 Å². The molecule has 2 heterocycles. The number of hydrogen-bond acceptors (Lipinski definition) is 5. The van der Waals surface area contributed by atoms with E-state index in [1.165, 1.54) is 0 Å². The summed E-state index contributed by atoms with van der Waals surface area (Å²) in [6.07, 6.45) is 0.815. The highest BCUT2D eigenvalue weighted by atomic mass is 32.2. The standard InChI is InChI=1S/C21H26N2O4S/c1-17-3-6-19(7-4-17)28(24,25)23-10-2-9-22(11-12-23)16-18-5-8-20-21(15-18)27-14-13-26-20/h3-8,15H,2,9-14,16H2,1H3. The zero-order valence-electron chi connectivity index (χ0n) is 16.1. The van der Waals surface area contributed by atoms with Crippen LogP contribution in [0.3, 0.4) is 0 Å². The van der Waals surface area contributed by atoms with Gasteiger partial charge in [0.15, 0.2) is 11.5 Å². The number of hydrogen-bond donors (Lipinski definition) is 0. The summed E-state index contributed by atoms with van der Waals surface area (Å²) in [4.78, 5) is 2.68. The van der Waals surface area contributed by atoms with Crippen LogP contribution < -0.4 is 9.47 Å². The Morgan fingerprint density at radius 2 is 1.64 bits per heavy atom. The van der Waals surface area contributed by atoms with E-state index < -0.39 is 10.0 Å². The Hall–Kier alpha value is -2.09. The Kier molecular flexibility index (Phi) is 5.57. The van der Waals surface area contributed by atoms with Crippen molar-refractivity contribution in [1.29, 1.82) is 0 Å². The SMILES string of the molecule is Cc1ccc(S(=O)(=O)N2CCCN(Cc3ccc4c(c3)OCCO4)CC2)cc1. The minimum Gasteiger partial charge on any atom is -0.486 e. The Morgan fingerprint density at radius 1 is 0.893 bits per heavy atom. The van der Waals surface area contributed by atoms with E-state index in [1.807, 2.05) is 31.2 Å². The zero-order valence-corrected chi connectivity index (χ0v) is 17.0. The Labute approximate surface area is 166 Å². The molecule has 6 nitrogen and oxygen atoms in total. The molecular weight excluding hydrogens is 376 g/mol. The maximum absolute atomic E-state index is 13.0. The van der Waals surface area contributed by atoms with Gasteiger partial charge in [0.2, 0.25) is 10.0 Å². The van der Waals surface area contributed by atoms with E-state index in [1.54, 1.807) is 16.4 Å². The molecule has 1 fully saturated rings. The van der Waals surface area contributed by atoms with E-state index in [9.17, 15) is 8.42 Å². The molecule has 0 aliphatic carbocycles. The van der Waals surface area contributed by atoms with Gasteiger partial charge in [-0.25, -0.2) is 8.42 Å². The summed E-state index contributed by atoms with van der Waals surface area (Å²) >= 11 is 0. The van der Waals surface area contributed by atoms with Gasteiger partial charge in [-0.2, -0.15) is 4.31 Å². The van der Waals surface area contributed by atoms with Crippen molar-refractivity contribution in [2.45, 2.75) is 24.8 Å². The monoisotopic (exact) mass is 402 g/mol. The lowest BCUT2D eigenvalue weighted by Gasteiger charge is -2.23. The number of benzene rings is 2. The summed E-state index contributed by atoms with van der Waals surface area (Å²) in [6, 6.07) is 13.1. The normalized spacial score (nSPS) is 18.6. The maximum atomic E-state index is 13.0. The number of ether oxygens (including phenoxy) is 2. The highest BCUT2D eigenvalue weighted by Crippen LogP contribution is 2.31. The molecule has 4 rings (SSSR count). The van der Waals surface area contributed by atoms with Crippen LogP contribution in [0.15, 0.2) is 47.4 Å². The van der Waals surface area contributed by atoms with Crippen molar-refractivity contribution in [3.8, 4) is 11.5 Å². The molecule has 0 amide bonds. The van der Waals surface area contributed by atoms with Gasteiger partial charge in [-0.05, 0) is 49.7 Å². The fourth-order valence-electron chi connectivity index (χ4n) is 3.65. The van der Waals surface area contributed by atoms with Crippen LogP contribution in [0.25, 0.3) is 0 Å². The smallest absolute Gasteiger partial charge is 0.243 e. The van der Waals surface area contributed by atoms with Crippen LogP contribution in [0.4, 0.5) is 0 Å². The summed E-state index contributed by atoms with van der Waals surface area (Å²) in [6.45, 7) is 6.52. The van der Waals surface area contributed by atoms with Crippen LogP contribution in [0.2, 0.25) is 0 Å². The van der Waals surface area contributed by atoms with Gasteiger partial charge in [0, 0.05) is 26.2 Å². The molecule has 0 N–H and O–H groups in total. The van der Waals surface area contributed by atoms with Crippen molar-refractivity contribution in [1.82, 2.24) is 9.21 Å². The number of aryl methyl sites for hydroxylation is 1. The van der Waals surface area contributed by atoms with Gasteiger partial charge in [0.05, 0.1) is 4.90 Å². The summed E-state index contributed by atoms with van der Waals surface area (Å²) in [5.41, 5.74) is 2.21. The van der Waals surface area contributed by atoms with Gasteiger partial charge in [-0.1, -0.05) is 23.8 Å². The third-order valence-electron chi connectivity index (χ3n) is 5.22. The third-order valence-corrected chi connectivity index (χ3v) is 7.13. The lowest BCUT2D eigenvalue weighted by Crippen LogP contribution is -2.35. The van der Waals surface area contributed by atoms with Gasteiger partial charge >= 0.3 is 0 Å². The zero-order chi connectivity index (χ0) is 19.6. The molecule has 0 radical (unpaired) electrons. The molecule has 0 spiro atoms. The fraction of sp³-hybridized carbons (Fsp3) is 0.429. The first-order valence-corrected chi connectivity index (χ1v) is 11.1. The Bertz CT molecular complexity index is 928. The molecule has 0 unspecified atom stereocenters. The second-order valence-electron chi connectivity index (χ2n) is 7.32. The van der Waals surface area contributed by atoms with Gasteiger partial charge in [0.25, 0.3) is 0 Å². The van der Waals surface area contributed by atoms with Crippen molar-refractivity contribution in [2.24, 2.45) is 0 Å². The first-order chi connectivity index (χ1) is 13.5. The van der Waals surface area contributed by atoms with E-state index in [0.717, 1.165) is 42.1 Å². The van der Waals surface area contributed by atoms with Gasteiger partial charge in [0.1, 0.15) is 13.2 Å². The molecule has 0 bridgehead atoms. The van der Waals surface area contributed by atoms with Crippen molar-refractivity contribution < 1.29 is 17.9 Å². The van der Waals surface area contributed by atoms with E-state index in [0.29, 0.717) is 37.7 Å². The molecule has 2 aliphatic heterocycles. The molecular formula is C21H26N2O4S. The van der Waals surface area contributed by atoms with E-state index >= 15 is 0 Å². The maximum Gasteiger partial charge on any atom is 0.243 e. The van der Waals surface area contributed by atoms with E-state index in [-0.39, 0.29) is 0 Å². The molecule has 28 heavy (non-hydrogen) atoms. The number of nitrogens with zero attached hydrogens (tertiary/aromatic N) is 2. The number of sulfonamides is 1. The minimum absolute atomic E-state index is 0.374. The lowest BCUT2D eigenvalue weighted by molar-refractivity contribution is 0.171. The van der Waals surface area contributed by atoms with Crippen LogP contribution in [0, 0.1) is 6.92 Å². The molecule has 2 aromatic carbocycles. The van der Waals surface area contributed by atoms with Gasteiger partial charge in [-0.15, -0.1) is 0 Å². The highest BCUT2D eigenvalue weighted by molar-refractivity contribution is 7.89. The van der Waals surface area contributed by atoms with E-state index in [4.69, 9.17) is 9.47 Å². The average molecular weight is 403 g/mol. The average Bonchev–Trinajstić information content (AvgIpc) is 2.94. The first-order valence-electron chi connectivity index (χ1n) is 9.70. The van der Waals surface area contributed by atoms with Crippen molar-refractivity contribution in [3.05, 3.63) is 53.6 Å². The quantitative estimate of drug-likeness (QED) is 0.787. The summed E-state index contributed by atoms with van der Waals surface area (Å²) < 4.78 is 38.8. The summed E-state index contributed by atoms with van der Waals surface area (Å²) in [7, 11) is -3.44. The van der Waals surface area contributed by atoms with Crippen LogP contribution in [-0.2, 0) is 16.6 Å². The predicted octanol–water partition coefficient (Wildman–Crippen LogP) is 2.66. The molecule has 0 atom stereocenters. The Morgan fingerprint density at radius 3 is 2.43 bits per heavy atom. The van der Waals surface area contributed by atoms with Crippen LogP contribution in [0.1, 0.15) is 17.5 Å². The van der Waals surface area contributed by atoms with Crippen molar-refractivity contribution >= 4 is 10.0 Å². The fourth-order valence-corrected chi connectivity index (χ4v) is 5.12. The van der Waals surface area contributed by atoms with Crippen LogP contribution in [0.5, 0.6) is 11.5 Å². The Balaban J connectivity index is 1.42. The second kappa shape index (κ2) is 8.11. The second-order valence-corrected chi connectivity index (χ2v) is 9.26. The highest BCUT2D eigenvalue weighted by Gasteiger charge is 2.27. The molecule has 0 saturated carbocycles. The molecule has 0 aromatic heterocycles. The van der Waals surface area contributed by atoms with Crippen molar-refractivity contribution in [2.75, 3.05) is 39.4 Å². The van der Waals surface area contributed by atoms with Gasteiger partial charge < -0.3 is 9.47 Å². The largest absolute Gasteiger partial charge is 0.486 e.